The summed E-state index contributed by atoms with van der Waals surface area (Å²) in [5.41, 5.74) is 22.3. The first-order chi connectivity index (χ1) is 8.63. The SMILES string of the molecule is Nc1cc(N)c(CCO)c(-c2ccccc2N)c1. The third-order valence-electron chi connectivity index (χ3n) is 2.92. The van der Waals surface area contributed by atoms with E-state index < -0.39 is 0 Å². The van der Waals surface area contributed by atoms with Gasteiger partial charge in [0.25, 0.3) is 0 Å². The molecule has 2 rings (SSSR count). The first-order valence-electron chi connectivity index (χ1n) is 5.77. The van der Waals surface area contributed by atoms with Crippen LogP contribution in [0.25, 0.3) is 11.1 Å². The number of hydrogen-bond donors (Lipinski definition) is 4. The lowest BCUT2D eigenvalue weighted by molar-refractivity contribution is 0.300. The molecule has 0 spiro atoms. The lowest BCUT2D eigenvalue weighted by Gasteiger charge is -2.14. The molecule has 4 nitrogen and oxygen atoms in total. The van der Waals surface area contributed by atoms with Gasteiger partial charge in [0, 0.05) is 29.2 Å². The molecule has 0 saturated heterocycles. The normalized spacial score (nSPS) is 10.5. The lowest BCUT2D eigenvalue weighted by atomic mass is 9.94. The highest BCUT2D eigenvalue weighted by molar-refractivity contribution is 5.84. The number of nitrogens with two attached hydrogens (primary N) is 3. The summed E-state index contributed by atoms with van der Waals surface area (Å²) in [6.07, 6.45) is 0.482. The highest BCUT2D eigenvalue weighted by Crippen LogP contribution is 2.34. The molecule has 2 aromatic rings. The summed E-state index contributed by atoms with van der Waals surface area (Å²) in [5.74, 6) is 0. The van der Waals surface area contributed by atoms with Crippen molar-refractivity contribution in [2.45, 2.75) is 6.42 Å². The molecule has 0 atom stereocenters. The van der Waals surface area contributed by atoms with E-state index in [1.54, 1.807) is 6.07 Å². The standard InChI is InChI=1S/C14H17N3O/c15-9-7-12(10-3-1-2-4-13(10)16)11(5-6-18)14(17)8-9/h1-4,7-8,18H,5-6,15-17H2. The predicted octanol–water partition coefficient (Wildman–Crippen LogP) is 1.64. The second kappa shape index (κ2) is 4.98. The maximum absolute atomic E-state index is 9.14. The number of para-hydroxylation sites is 1. The van der Waals surface area contributed by atoms with Crippen molar-refractivity contribution in [3.8, 4) is 11.1 Å². The Hall–Kier alpha value is -2.20. The zero-order chi connectivity index (χ0) is 13.1. The zero-order valence-corrected chi connectivity index (χ0v) is 10.1. The van der Waals surface area contributed by atoms with Crippen LogP contribution in [-0.2, 0) is 6.42 Å². The smallest absolute Gasteiger partial charge is 0.0472 e. The Morgan fingerprint density at radius 1 is 0.889 bits per heavy atom. The molecule has 0 radical (unpaired) electrons. The Kier molecular flexibility index (Phi) is 3.39. The molecule has 0 aromatic heterocycles. The Balaban J connectivity index is 2.66. The van der Waals surface area contributed by atoms with Gasteiger partial charge in [-0.3, -0.25) is 0 Å². The predicted molar refractivity (Wildman–Crippen MR) is 75.9 cm³/mol. The highest BCUT2D eigenvalue weighted by Gasteiger charge is 2.11. The van der Waals surface area contributed by atoms with Crippen LogP contribution in [0.1, 0.15) is 5.56 Å². The van der Waals surface area contributed by atoms with Crippen LogP contribution in [0.2, 0.25) is 0 Å². The van der Waals surface area contributed by atoms with Crippen LogP contribution >= 0.6 is 0 Å². The average molecular weight is 243 g/mol. The van der Waals surface area contributed by atoms with Crippen molar-refractivity contribution in [2.75, 3.05) is 23.8 Å². The van der Waals surface area contributed by atoms with E-state index in [1.165, 1.54) is 0 Å². The maximum Gasteiger partial charge on any atom is 0.0472 e. The summed E-state index contributed by atoms with van der Waals surface area (Å²) in [6, 6.07) is 11.1. The van der Waals surface area contributed by atoms with Crippen molar-refractivity contribution in [1.29, 1.82) is 0 Å². The van der Waals surface area contributed by atoms with Crippen LogP contribution in [0, 0.1) is 0 Å². The minimum Gasteiger partial charge on any atom is -0.399 e. The van der Waals surface area contributed by atoms with Crippen LogP contribution in [0.15, 0.2) is 36.4 Å². The second-order valence-electron chi connectivity index (χ2n) is 4.20. The first kappa shape index (κ1) is 12.3. The van der Waals surface area contributed by atoms with Gasteiger partial charge in [-0.15, -0.1) is 0 Å². The van der Waals surface area contributed by atoms with Crippen molar-refractivity contribution in [2.24, 2.45) is 0 Å². The highest BCUT2D eigenvalue weighted by atomic mass is 16.2. The summed E-state index contributed by atoms with van der Waals surface area (Å²) in [5, 5.41) is 9.14. The van der Waals surface area contributed by atoms with Crippen LogP contribution in [0.4, 0.5) is 17.1 Å². The molecule has 2 aromatic carbocycles. The Morgan fingerprint density at radius 3 is 2.28 bits per heavy atom. The molecule has 0 bridgehead atoms. The quantitative estimate of drug-likeness (QED) is 0.616. The van der Waals surface area contributed by atoms with Gasteiger partial charge in [-0.1, -0.05) is 18.2 Å². The molecule has 94 valence electrons. The molecular formula is C14H17N3O. The summed E-state index contributed by atoms with van der Waals surface area (Å²) >= 11 is 0. The van der Waals surface area contributed by atoms with Crippen LogP contribution in [0.3, 0.4) is 0 Å². The topological polar surface area (TPSA) is 98.3 Å². The van der Waals surface area contributed by atoms with E-state index in [2.05, 4.69) is 0 Å². The number of anilines is 3. The molecule has 0 saturated carbocycles. The van der Waals surface area contributed by atoms with E-state index in [0.29, 0.717) is 23.5 Å². The number of hydrogen-bond acceptors (Lipinski definition) is 4. The van der Waals surface area contributed by atoms with Gasteiger partial charge in [0.15, 0.2) is 0 Å². The number of nitrogen functional groups attached to an aromatic ring is 3. The van der Waals surface area contributed by atoms with E-state index in [1.807, 2.05) is 30.3 Å². The van der Waals surface area contributed by atoms with Gasteiger partial charge in [-0.05, 0) is 35.7 Å². The Labute approximate surface area is 106 Å². The van der Waals surface area contributed by atoms with E-state index in [4.69, 9.17) is 22.3 Å². The molecule has 0 aliphatic heterocycles. The van der Waals surface area contributed by atoms with E-state index in [9.17, 15) is 0 Å². The average Bonchev–Trinajstić information content (AvgIpc) is 2.33. The van der Waals surface area contributed by atoms with Gasteiger partial charge in [-0.25, -0.2) is 0 Å². The number of aliphatic hydroxyl groups is 1. The van der Waals surface area contributed by atoms with Gasteiger partial charge in [0.2, 0.25) is 0 Å². The molecular weight excluding hydrogens is 226 g/mol. The summed E-state index contributed by atoms with van der Waals surface area (Å²) < 4.78 is 0. The maximum atomic E-state index is 9.14. The largest absolute Gasteiger partial charge is 0.399 e. The molecule has 0 heterocycles. The van der Waals surface area contributed by atoms with Crippen molar-refractivity contribution >= 4 is 17.1 Å². The third kappa shape index (κ3) is 2.24. The summed E-state index contributed by atoms with van der Waals surface area (Å²) in [7, 11) is 0. The molecule has 4 heteroatoms. The van der Waals surface area contributed by atoms with E-state index in [-0.39, 0.29) is 6.61 Å². The van der Waals surface area contributed by atoms with Crippen molar-refractivity contribution in [3.05, 3.63) is 42.0 Å². The van der Waals surface area contributed by atoms with Crippen LogP contribution < -0.4 is 17.2 Å². The molecule has 0 aliphatic rings. The first-order valence-corrected chi connectivity index (χ1v) is 5.77. The molecule has 0 aliphatic carbocycles. The van der Waals surface area contributed by atoms with Gasteiger partial charge in [0.1, 0.15) is 0 Å². The molecule has 18 heavy (non-hydrogen) atoms. The minimum atomic E-state index is 0.0356. The van der Waals surface area contributed by atoms with E-state index in [0.717, 1.165) is 16.7 Å². The minimum absolute atomic E-state index is 0.0356. The molecule has 7 N–H and O–H groups in total. The fourth-order valence-corrected chi connectivity index (χ4v) is 2.09. The monoisotopic (exact) mass is 243 g/mol. The number of benzene rings is 2. The third-order valence-corrected chi connectivity index (χ3v) is 2.92. The number of rotatable bonds is 3. The fraction of sp³-hybridized carbons (Fsp3) is 0.143. The van der Waals surface area contributed by atoms with Gasteiger partial charge >= 0.3 is 0 Å². The van der Waals surface area contributed by atoms with Crippen molar-refractivity contribution in [3.63, 3.8) is 0 Å². The van der Waals surface area contributed by atoms with Gasteiger partial charge < -0.3 is 22.3 Å². The molecule has 0 amide bonds. The summed E-state index contributed by atoms with van der Waals surface area (Å²) in [4.78, 5) is 0. The summed E-state index contributed by atoms with van der Waals surface area (Å²) in [6.45, 7) is 0.0356. The molecule has 0 unspecified atom stereocenters. The van der Waals surface area contributed by atoms with Crippen molar-refractivity contribution in [1.82, 2.24) is 0 Å². The second-order valence-corrected chi connectivity index (χ2v) is 4.20. The Morgan fingerprint density at radius 2 is 1.61 bits per heavy atom. The molecule has 0 fully saturated rings. The Bertz CT molecular complexity index is 567. The van der Waals surface area contributed by atoms with E-state index >= 15 is 0 Å². The van der Waals surface area contributed by atoms with Crippen molar-refractivity contribution < 1.29 is 5.11 Å². The zero-order valence-electron chi connectivity index (χ0n) is 10.1. The lowest BCUT2D eigenvalue weighted by Crippen LogP contribution is -2.03. The fourth-order valence-electron chi connectivity index (χ4n) is 2.09. The number of aliphatic hydroxyl groups excluding tert-OH is 1. The van der Waals surface area contributed by atoms with Gasteiger partial charge in [0.05, 0.1) is 0 Å². The van der Waals surface area contributed by atoms with Gasteiger partial charge in [-0.2, -0.15) is 0 Å². The van der Waals surface area contributed by atoms with Crippen LogP contribution in [0.5, 0.6) is 0 Å². The van der Waals surface area contributed by atoms with Crippen LogP contribution in [-0.4, -0.2) is 11.7 Å².